The van der Waals surface area contributed by atoms with Gasteiger partial charge in [0, 0.05) is 6.42 Å². The number of carbonyl (C=O) groups is 2. The minimum absolute atomic E-state index is 0.0275. The van der Waals surface area contributed by atoms with E-state index in [2.05, 4.69) is 5.32 Å². The Kier molecular flexibility index (Phi) is 4.81. The van der Waals surface area contributed by atoms with Crippen molar-refractivity contribution in [2.24, 2.45) is 0 Å². The van der Waals surface area contributed by atoms with E-state index in [1.54, 1.807) is 13.0 Å². The second-order valence-corrected chi connectivity index (χ2v) is 1.96. The number of carboxylic acid groups (broad SMARTS) is 1. The van der Waals surface area contributed by atoms with Crippen LogP contribution in [0.4, 0.5) is 0 Å². The number of hydrogen-bond acceptors (Lipinski definition) is 2. The Morgan fingerprint density at radius 2 is 2.09 bits per heavy atom. The number of amides is 1. The Morgan fingerprint density at radius 3 is 2.55 bits per heavy atom. The van der Waals surface area contributed by atoms with Crippen LogP contribution in [-0.2, 0) is 9.59 Å². The van der Waals surface area contributed by atoms with Crippen molar-refractivity contribution in [2.45, 2.75) is 19.8 Å². The Bertz CT molecular complexity index is 175. The van der Waals surface area contributed by atoms with Crippen molar-refractivity contribution in [1.29, 1.82) is 0 Å². The van der Waals surface area contributed by atoms with Gasteiger partial charge in [0.1, 0.15) is 0 Å². The fourth-order valence-electron chi connectivity index (χ4n) is 0.469. The fraction of sp³-hybridized carbons (Fsp3) is 0.429. The van der Waals surface area contributed by atoms with Gasteiger partial charge in [-0.05, 0) is 13.1 Å². The largest absolute Gasteiger partial charge is 0.481 e. The molecular formula is C7H11NO3. The van der Waals surface area contributed by atoms with Gasteiger partial charge < -0.3 is 10.4 Å². The van der Waals surface area contributed by atoms with Crippen molar-refractivity contribution in [1.82, 2.24) is 5.32 Å². The Morgan fingerprint density at radius 1 is 1.45 bits per heavy atom. The van der Waals surface area contributed by atoms with Crippen molar-refractivity contribution in [3.05, 3.63) is 12.3 Å². The van der Waals surface area contributed by atoms with Crippen LogP contribution in [-0.4, -0.2) is 17.0 Å². The van der Waals surface area contributed by atoms with Gasteiger partial charge in [0.15, 0.2) is 0 Å². The summed E-state index contributed by atoms with van der Waals surface area (Å²) < 4.78 is 0. The smallest absolute Gasteiger partial charge is 0.303 e. The van der Waals surface area contributed by atoms with Crippen LogP contribution >= 0.6 is 0 Å². The number of carbonyl (C=O) groups excluding carboxylic acids is 1. The highest BCUT2D eigenvalue weighted by Gasteiger charge is 2.01. The summed E-state index contributed by atoms with van der Waals surface area (Å²) in [5.74, 6) is -1.23. The third-order valence-corrected chi connectivity index (χ3v) is 0.977. The second kappa shape index (κ2) is 5.46. The molecule has 0 aromatic carbocycles. The summed E-state index contributed by atoms with van der Waals surface area (Å²) in [6, 6.07) is 0. The highest BCUT2D eigenvalue weighted by Crippen LogP contribution is 1.87. The third kappa shape index (κ3) is 6.57. The van der Waals surface area contributed by atoms with Gasteiger partial charge in [-0.1, -0.05) is 6.08 Å². The molecule has 0 heterocycles. The molecule has 0 saturated heterocycles. The highest BCUT2D eigenvalue weighted by molar-refractivity contribution is 5.81. The van der Waals surface area contributed by atoms with Crippen molar-refractivity contribution < 1.29 is 14.7 Å². The van der Waals surface area contributed by atoms with E-state index in [-0.39, 0.29) is 18.7 Å². The van der Waals surface area contributed by atoms with Gasteiger partial charge in [-0.3, -0.25) is 9.59 Å². The van der Waals surface area contributed by atoms with Crippen LogP contribution in [0.25, 0.3) is 0 Å². The number of nitrogens with one attached hydrogen (secondary N) is 1. The molecule has 0 spiro atoms. The van der Waals surface area contributed by atoms with Gasteiger partial charge in [-0.25, -0.2) is 0 Å². The number of hydrogen-bond donors (Lipinski definition) is 2. The molecule has 0 bridgehead atoms. The van der Waals surface area contributed by atoms with Crippen molar-refractivity contribution in [3.8, 4) is 0 Å². The first kappa shape index (κ1) is 9.68. The van der Waals surface area contributed by atoms with E-state index in [0.29, 0.717) is 0 Å². The molecule has 62 valence electrons. The van der Waals surface area contributed by atoms with Crippen LogP contribution in [0.5, 0.6) is 0 Å². The second-order valence-electron chi connectivity index (χ2n) is 1.96. The van der Waals surface area contributed by atoms with E-state index in [4.69, 9.17) is 5.11 Å². The zero-order valence-corrected chi connectivity index (χ0v) is 6.33. The number of rotatable bonds is 4. The first-order valence-electron chi connectivity index (χ1n) is 3.29. The predicted octanol–water partition coefficient (Wildman–Crippen LogP) is 0.501. The Balaban J connectivity index is 3.45. The third-order valence-electron chi connectivity index (χ3n) is 0.977. The fourth-order valence-corrected chi connectivity index (χ4v) is 0.469. The average Bonchev–Trinajstić information content (AvgIpc) is 1.97. The van der Waals surface area contributed by atoms with Crippen LogP contribution in [0.3, 0.4) is 0 Å². The summed E-state index contributed by atoms with van der Waals surface area (Å²) in [6.45, 7) is 1.76. The Hall–Kier alpha value is -1.32. The maximum atomic E-state index is 10.7. The highest BCUT2D eigenvalue weighted by atomic mass is 16.4. The molecular weight excluding hydrogens is 146 g/mol. The molecule has 0 aromatic rings. The SMILES string of the molecule is C/C=C/NC(=O)CCC(=O)O. The quantitative estimate of drug-likeness (QED) is 0.624. The molecule has 0 saturated carbocycles. The van der Waals surface area contributed by atoms with E-state index < -0.39 is 5.97 Å². The topological polar surface area (TPSA) is 66.4 Å². The summed E-state index contributed by atoms with van der Waals surface area (Å²) in [5, 5.41) is 10.6. The van der Waals surface area contributed by atoms with E-state index >= 15 is 0 Å². The molecule has 0 unspecified atom stereocenters. The number of aliphatic carboxylic acids is 1. The molecule has 2 N–H and O–H groups in total. The molecule has 0 radical (unpaired) electrons. The van der Waals surface area contributed by atoms with Crippen molar-refractivity contribution in [3.63, 3.8) is 0 Å². The van der Waals surface area contributed by atoms with E-state index in [1.807, 2.05) is 0 Å². The molecule has 0 aliphatic heterocycles. The maximum Gasteiger partial charge on any atom is 0.303 e. The van der Waals surface area contributed by atoms with Crippen LogP contribution in [0, 0.1) is 0 Å². The molecule has 0 aliphatic rings. The minimum atomic E-state index is -0.958. The van der Waals surface area contributed by atoms with Crippen LogP contribution in [0.2, 0.25) is 0 Å². The van der Waals surface area contributed by atoms with E-state index in [9.17, 15) is 9.59 Å². The van der Waals surface area contributed by atoms with Gasteiger partial charge >= 0.3 is 5.97 Å². The summed E-state index contributed by atoms with van der Waals surface area (Å²) in [4.78, 5) is 20.7. The first-order valence-corrected chi connectivity index (χ1v) is 3.29. The Labute approximate surface area is 64.9 Å². The van der Waals surface area contributed by atoms with Gasteiger partial charge in [0.2, 0.25) is 5.91 Å². The molecule has 1 amide bonds. The normalized spacial score (nSPS) is 9.91. The average molecular weight is 157 g/mol. The lowest BCUT2D eigenvalue weighted by molar-refractivity contribution is -0.138. The molecule has 0 fully saturated rings. The molecule has 11 heavy (non-hydrogen) atoms. The van der Waals surface area contributed by atoms with Crippen molar-refractivity contribution >= 4 is 11.9 Å². The molecule has 4 heteroatoms. The molecule has 0 aliphatic carbocycles. The predicted molar refractivity (Wildman–Crippen MR) is 39.8 cm³/mol. The molecule has 0 atom stereocenters. The number of allylic oxidation sites excluding steroid dienone is 1. The van der Waals surface area contributed by atoms with Gasteiger partial charge in [-0.15, -0.1) is 0 Å². The minimum Gasteiger partial charge on any atom is -0.481 e. The molecule has 0 rings (SSSR count). The summed E-state index contributed by atoms with van der Waals surface area (Å²) in [6.07, 6.45) is 3.05. The zero-order valence-electron chi connectivity index (χ0n) is 6.33. The van der Waals surface area contributed by atoms with Crippen LogP contribution in [0.15, 0.2) is 12.3 Å². The first-order chi connectivity index (χ1) is 5.16. The molecule has 4 nitrogen and oxygen atoms in total. The van der Waals surface area contributed by atoms with E-state index in [1.165, 1.54) is 6.20 Å². The van der Waals surface area contributed by atoms with E-state index in [0.717, 1.165) is 0 Å². The van der Waals surface area contributed by atoms with Gasteiger partial charge in [-0.2, -0.15) is 0 Å². The lowest BCUT2D eigenvalue weighted by Crippen LogP contribution is -2.17. The summed E-state index contributed by atoms with van der Waals surface area (Å²) in [5.41, 5.74) is 0. The monoisotopic (exact) mass is 157 g/mol. The van der Waals surface area contributed by atoms with Crippen LogP contribution < -0.4 is 5.32 Å². The summed E-state index contributed by atoms with van der Waals surface area (Å²) in [7, 11) is 0. The van der Waals surface area contributed by atoms with Gasteiger partial charge in [0.05, 0.1) is 6.42 Å². The lowest BCUT2D eigenvalue weighted by atomic mass is 10.3. The van der Waals surface area contributed by atoms with Crippen LogP contribution in [0.1, 0.15) is 19.8 Å². The molecule has 0 aromatic heterocycles. The standard InChI is InChI=1S/C7H11NO3/c1-2-5-8-6(9)3-4-7(10)11/h2,5H,3-4H2,1H3,(H,8,9)(H,10,11)/b5-2+. The maximum absolute atomic E-state index is 10.7. The summed E-state index contributed by atoms with van der Waals surface area (Å²) >= 11 is 0. The zero-order chi connectivity index (χ0) is 8.69. The van der Waals surface area contributed by atoms with Crippen molar-refractivity contribution in [2.75, 3.05) is 0 Å². The lowest BCUT2D eigenvalue weighted by Gasteiger charge is -1.95. The van der Waals surface area contributed by atoms with Gasteiger partial charge in [0.25, 0.3) is 0 Å². The number of carboxylic acids is 1.